The SMILES string of the molecule is CCCOc1cc(-c2ccccc2)nc2nc(-c3ccccc3F)nn12. The molecule has 0 atom stereocenters. The van der Waals surface area contributed by atoms with Gasteiger partial charge in [0.2, 0.25) is 5.88 Å². The summed E-state index contributed by atoms with van der Waals surface area (Å²) in [4.78, 5) is 9.00. The number of hydrogen-bond donors (Lipinski definition) is 0. The molecule has 0 saturated heterocycles. The molecule has 26 heavy (non-hydrogen) atoms. The lowest BCUT2D eigenvalue weighted by molar-refractivity contribution is 0.297. The Kier molecular flexibility index (Phi) is 4.31. The van der Waals surface area contributed by atoms with E-state index < -0.39 is 0 Å². The quantitative estimate of drug-likeness (QED) is 0.537. The van der Waals surface area contributed by atoms with Crippen molar-refractivity contribution in [1.29, 1.82) is 0 Å². The molecule has 2 aromatic carbocycles. The maximum Gasteiger partial charge on any atom is 0.256 e. The third-order valence-corrected chi connectivity index (χ3v) is 3.92. The lowest BCUT2D eigenvalue weighted by Gasteiger charge is -2.08. The number of halogens is 1. The van der Waals surface area contributed by atoms with Gasteiger partial charge in [-0.2, -0.15) is 9.50 Å². The molecule has 4 rings (SSSR count). The van der Waals surface area contributed by atoms with Crippen LogP contribution in [0.1, 0.15) is 13.3 Å². The zero-order valence-corrected chi connectivity index (χ0v) is 14.3. The third kappa shape index (κ3) is 3.01. The highest BCUT2D eigenvalue weighted by Gasteiger charge is 2.16. The molecule has 0 saturated carbocycles. The maximum absolute atomic E-state index is 14.1. The minimum atomic E-state index is -0.372. The van der Waals surface area contributed by atoms with Crippen molar-refractivity contribution >= 4 is 5.78 Å². The molecule has 2 aromatic heterocycles. The monoisotopic (exact) mass is 348 g/mol. The van der Waals surface area contributed by atoms with E-state index in [0.717, 1.165) is 17.7 Å². The first-order chi connectivity index (χ1) is 12.8. The van der Waals surface area contributed by atoms with E-state index in [2.05, 4.69) is 15.1 Å². The first-order valence-electron chi connectivity index (χ1n) is 8.47. The Hall–Kier alpha value is -3.28. The summed E-state index contributed by atoms with van der Waals surface area (Å²) in [5.41, 5.74) is 2.02. The molecule has 0 aliphatic carbocycles. The van der Waals surface area contributed by atoms with E-state index >= 15 is 0 Å². The first kappa shape index (κ1) is 16.2. The van der Waals surface area contributed by atoms with E-state index in [1.54, 1.807) is 18.2 Å². The molecule has 0 N–H and O–H groups in total. The molecule has 0 aliphatic rings. The van der Waals surface area contributed by atoms with Gasteiger partial charge in [-0.1, -0.05) is 49.4 Å². The second-order valence-electron chi connectivity index (χ2n) is 5.82. The first-order valence-corrected chi connectivity index (χ1v) is 8.47. The smallest absolute Gasteiger partial charge is 0.256 e. The molecule has 2 heterocycles. The van der Waals surface area contributed by atoms with E-state index in [-0.39, 0.29) is 11.6 Å². The van der Waals surface area contributed by atoms with Gasteiger partial charge in [-0.3, -0.25) is 0 Å². The molecule has 6 heteroatoms. The summed E-state index contributed by atoms with van der Waals surface area (Å²) < 4.78 is 21.5. The largest absolute Gasteiger partial charge is 0.478 e. The molecular weight excluding hydrogens is 331 g/mol. The van der Waals surface area contributed by atoms with E-state index in [1.165, 1.54) is 10.6 Å². The van der Waals surface area contributed by atoms with Crippen LogP contribution in [0.5, 0.6) is 5.88 Å². The Morgan fingerprint density at radius 3 is 2.54 bits per heavy atom. The zero-order chi connectivity index (χ0) is 17.9. The van der Waals surface area contributed by atoms with Crippen LogP contribution < -0.4 is 4.74 Å². The molecule has 5 nitrogen and oxygen atoms in total. The minimum Gasteiger partial charge on any atom is -0.478 e. The number of rotatable bonds is 5. The van der Waals surface area contributed by atoms with Crippen LogP contribution in [0.15, 0.2) is 60.7 Å². The van der Waals surface area contributed by atoms with Crippen molar-refractivity contribution in [1.82, 2.24) is 19.6 Å². The van der Waals surface area contributed by atoms with Gasteiger partial charge in [-0.15, -0.1) is 5.10 Å². The van der Waals surface area contributed by atoms with Crippen molar-refractivity contribution in [3.63, 3.8) is 0 Å². The lowest BCUT2D eigenvalue weighted by Crippen LogP contribution is -2.04. The van der Waals surface area contributed by atoms with Crippen molar-refractivity contribution < 1.29 is 9.13 Å². The molecule has 0 spiro atoms. The highest BCUT2D eigenvalue weighted by atomic mass is 19.1. The Morgan fingerprint density at radius 1 is 1.00 bits per heavy atom. The topological polar surface area (TPSA) is 52.3 Å². The van der Waals surface area contributed by atoms with Crippen LogP contribution in [0.3, 0.4) is 0 Å². The van der Waals surface area contributed by atoms with Gasteiger partial charge in [0.25, 0.3) is 5.78 Å². The highest BCUT2D eigenvalue weighted by molar-refractivity contribution is 5.64. The standard InChI is InChI=1S/C20H17FN4O/c1-2-12-26-18-13-17(14-8-4-3-5-9-14)22-20-23-19(24-25(18)20)15-10-6-7-11-16(15)21/h3-11,13H,2,12H2,1H3. The van der Waals surface area contributed by atoms with E-state index in [0.29, 0.717) is 23.8 Å². The number of nitrogens with zero attached hydrogens (tertiary/aromatic N) is 4. The van der Waals surface area contributed by atoms with Gasteiger partial charge in [-0.25, -0.2) is 9.37 Å². The van der Waals surface area contributed by atoms with Crippen LogP contribution >= 0.6 is 0 Å². The fourth-order valence-electron chi connectivity index (χ4n) is 2.67. The summed E-state index contributed by atoms with van der Waals surface area (Å²) in [7, 11) is 0. The van der Waals surface area contributed by atoms with Crippen LogP contribution in [0.2, 0.25) is 0 Å². The van der Waals surface area contributed by atoms with Crippen molar-refractivity contribution in [3.8, 4) is 28.5 Å². The zero-order valence-electron chi connectivity index (χ0n) is 14.3. The van der Waals surface area contributed by atoms with Crippen LogP contribution in [-0.4, -0.2) is 26.2 Å². The molecule has 0 fully saturated rings. The molecule has 0 amide bonds. The van der Waals surface area contributed by atoms with Crippen molar-refractivity contribution in [3.05, 3.63) is 66.5 Å². The average Bonchev–Trinajstić information content (AvgIpc) is 3.11. The van der Waals surface area contributed by atoms with Gasteiger partial charge in [0.1, 0.15) is 5.82 Å². The average molecular weight is 348 g/mol. The number of fused-ring (bicyclic) bond motifs is 1. The molecule has 0 unspecified atom stereocenters. The minimum absolute atomic E-state index is 0.280. The van der Waals surface area contributed by atoms with E-state index in [9.17, 15) is 4.39 Å². The molecule has 0 bridgehead atoms. The normalized spacial score (nSPS) is 11.0. The third-order valence-electron chi connectivity index (χ3n) is 3.92. The van der Waals surface area contributed by atoms with Gasteiger partial charge < -0.3 is 4.74 Å². The molecule has 130 valence electrons. The predicted octanol–water partition coefficient (Wildman–Crippen LogP) is 4.39. The maximum atomic E-state index is 14.1. The fraction of sp³-hybridized carbons (Fsp3) is 0.150. The number of benzene rings is 2. The molecular formula is C20H17FN4O. The van der Waals surface area contributed by atoms with E-state index in [4.69, 9.17) is 4.74 Å². The lowest BCUT2D eigenvalue weighted by atomic mass is 10.1. The van der Waals surface area contributed by atoms with Gasteiger partial charge in [0.15, 0.2) is 5.82 Å². The Morgan fingerprint density at radius 2 is 1.77 bits per heavy atom. The summed E-state index contributed by atoms with van der Waals surface area (Å²) in [6, 6.07) is 18.0. The summed E-state index contributed by atoms with van der Waals surface area (Å²) in [5, 5.41) is 4.41. The van der Waals surface area contributed by atoms with Crippen LogP contribution in [0, 0.1) is 5.82 Å². The van der Waals surface area contributed by atoms with Crippen molar-refractivity contribution in [2.45, 2.75) is 13.3 Å². The fourth-order valence-corrected chi connectivity index (χ4v) is 2.67. The summed E-state index contributed by atoms with van der Waals surface area (Å²) in [5.74, 6) is 0.811. The summed E-state index contributed by atoms with van der Waals surface area (Å²) in [6.45, 7) is 2.57. The molecule has 4 aromatic rings. The summed E-state index contributed by atoms with van der Waals surface area (Å²) in [6.07, 6.45) is 0.860. The van der Waals surface area contributed by atoms with Crippen LogP contribution in [0.25, 0.3) is 28.4 Å². The number of hydrogen-bond acceptors (Lipinski definition) is 4. The van der Waals surface area contributed by atoms with Crippen LogP contribution in [-0.2, 0) is 0 Å². The Labute approximate surface area is 150 Å². The number of ether oxygens (including phenoxy) is 1. The molecule has 0 radical (unpaired) electrons. The predicted molar refractivity (Wildman–Crippen MR) is 97.4 cm³/mol. The van der Waals surface area contributed by atoms with Crippen molar-refractivity contribution in [2.75, 3.05) is 6.61 Å². The molecule has 0 aliphatic heterocycles. The second kappa shape index (κ2) is 6.92. The second-order valence-corrected chi connectivity index (χ2v) is 5.82. The van der Waals surface area contributed by atoms with Gasteiger partial charge in [0.05, 0.1) is 17.9 Å². The summed E-state index contributed by atoms with van der Waals surface area (Å²) >= 11 is 0. The van der Waals surface area contributed by atoms with Gasteiger partial charge >= 0.3 is 0 Å². The van der Waals surface area contributed by atoms with Crippen molar-refractivity contribution in [2.24, 2.45) is 0 Å². The van der Waals surface area contributed by atoms with Gasteiger partial charge in [0, 0.05) is 11.6 Å². The Bertz CT molecular complexity index is 1050. The number of aromatic nitrogens is 4. The van der Waals surface area contributed by atoms with Gasteiger partial charge in [-0.05, 0) is 18.6 Å². The van der Waals surface area contributed by atoms with E-state index in [1.807, 2.05) is 43.3 Å². The Balaban J connectivity index is 1.88. The van der Waals surface area contributed by atoms with Crippen LogP contribution in [0.4, 0.5) is 4.39 Å². The highest BCUT2D eigenvalue weighted by Crippen LogP contribution is 2.26.